The molecule has 0 aliphatic carbocycles. The molecule has 4 heteroatoms. The van der Waals surface area contributed by atoms with Gasteiger partial charge in [0.1, 0.15) is 0 Å². The summed E-state index contributed by atoms with van der Waals surface area (Å²) >= 11 is 0. The monoisotopic (exact) mass is 232 g/mol. The molecule has 2 heterocycles. The number of nitrogens with zero attached hydrogens (tertiary/aromatic N) is 2. The smallest absolute Gasteiger partial charge is 0.177 e. The van der Waals surface area contributed by atoms with E-state index in [1.807, 2.05) is 6.07 Å². The van der Waals surface area contributed by atoms with Gasteiger partial charge in [0.15, 0.2) is 5.65 Å². The number of aromatic amines is 1. The average Bonchev–Trinajstić information content (AvgIpc) is 2.71. The summed E-state index contributed by atoms with van der Waals surface area (Å²) in [6, 6.07) is 4.38. The van der Waals surface area contributed by atoms with E-state index in [1.54, 1.807) is 6.33 Å². The SMILES string of the molecule is CCC(NC(C)(C)C)c1ccc2[nH]cnc2n1. The lowest BCUT2D eigenvalue weighted by atomic mass is 10.0. The highest BCUT2D eigenvalue weighted by Crippen LogP contribution is 2.19. The molecule has 0 spiro atoms. The quantitative estimate of drug-likeness (QED) is 0.855. The van der Waals surface area contributed by atoms with Crippen LogP contribution in [0.2, 0.25) is 0 Å². The van der Waals surface area contributed by atoms with Crippen LogP contribution < -0.4 is 5.32 Å². The molecule has 0 radical (unpaired) electrons. The van der Waals surface area contributed by atoms with Crippen molar-refractivity contribution in [3.05, 3.63) is 24.2 Å². The minimum Gasteiger partial charge on any atom is -0.343 e. The van der Waals surface area contributed by atoms with E-state index in [-0.39, 0.29) is 11.6 Å². The van der Waals surface area contributed by atoms with Crippen molar-refractivity contribution in [3.63, 3.8) is 0 Å². The van der Waals surface area contributed by atoms with Crippen LogP contribution >= 0.6 is 0 Å². The first kappa shape index (κ1) is 12.0. The molecule has 17 heavy (non-hydrogen) atoms. The van der Waals surface area contributed by atoms with Crippen LogP contribution in [0.1, 0.15) is 45.9 Å². The molecule has 2 aromatic heterocycles. The Kier molecular flexibility index (Phi) is 3.15. The first-order chi connectivity index (χ1) is 7.99. The normalized spacial score (nSPS) is 14.1. The van der Waals surface area contributed by atoms with Gasteiger partial charge in [-0.05, 0) is 39.3 Å². The van der Waals surface area contributed by atoms with Crippen LogP contribution in [0.25, 0.3) is 11.2 Å². The lowest BCUT2D eigenvalue weighted by Gasteiger charge is -2.27. The maximum atomic E-state index is 4.59. The van der Waals surface area contributed by atoms with Crippen LogP contribution in [0.4, 0.5) is 0 Å². The zero-order valence-electron chi connectivity index (χ0n) is 10.9. The lowest BCUT2D eigenvalue weighted by Crippen LogP contribution is -2.38. The molecule has 0 fully saturated rings. The van der Waals surface area contributed by atoms with Crippen molar-refractivity contribution < 1.29 is 0 Å². The van der Waals surface area contributed by atoms with Gasteiger partial charge >= 0.3 is 0 Å². The maximum Gasteiger partial charge on any atom is 0.177 e. The van der Waals surface area contributed by atoms with Gasteiger partial charge in [0.25, 0.3) is 0 Å². The molecule has 0 aromatic carbocycles. The van der Waals surface area contributed by atoms with E-state index < -0.39 is 0 Å². The van der Waals surface area contributed by atoms with Crippen LogP contribution in [0.5, 0.6) is 0 Å². The van der Waals surface area contributed by atoms with Gasteiger partial charge < -0.3 is 10.3 Å². The van der Waals surface area contributed by atoms with E-state index in [0.717, 1.165) is 23.3 Å². The number of aromatic nitrogens is 3. The molecule has 1 unspecified atom stereocenters. The van der Waals surface area contributed by atoms with E-state index in [0.29, 0.717) is 0 Å². The van der Waals surface area contributed by atoms with Crippen LogP contribution in [0.3, 0.4) is 0 Å². The molecule has 0 saturated carbocycles. The van der Waals surface area contributed by atoms with Gasteiger partial charge in [0, 0.05) is 11.6 Å². The van der Waals surface area contributed by atoms with Gasteiger partial charge in [-0.15, -0.1) is 0 Å². The number of imidazole rings is 1. The van der Waals surface area contributed by atoms with Gasteiger partial charge in [-0.3, -0.25) is 0 Å². The zero-order chi connectivity index (χ0) is 12.5. The van der Waals surface area contributed by atoms with Crippen molar-refractivity contribution in [3.8, 4) is 0 Å². The van der Waals surface area contributed by atoms with Crippen LogP contribution in [-0.2, 0) is 0 Å². The molecule has 0 aliphatic heterocycles. The fourth-order valence-corrected chi connectivity index (χ4v) is 1.94. The third-order valence-electron chi connectivity index (χ3n) is 2.68. The van der Waals surface area contributed by atoms with E-state index in [1.165, 1.54) is 0 Å². The van der Waals surface area contributed by atoms with E-state index in [4.69, 9.17) is 0 Å². The molecule has 2 rings (SSSR count). The van der Waals surface area contributed by atoms with E-state index >= 15 is 0 Å². The van der Waals surface area contributed by atoms with Crippen molar-refractivity contribution in [1.82, 2.24) is 20.3 Å². The van der Waals surface area contributed by atoms with Crippen molar-refractivity contribution >= 4 is 11.2 Å². The number of nitrogens with one attached hydrogen (secondary N) is 2. The zero-order valence-corrected chi connectivity index (χ0v) is 10.9. The van der Waals surface area contributed by atoms with Crippen molar-refractivity contribution in [1.29, 1.82) is 0 Å². The van der Waals surface area contributed by atoms with E-state index in [2.05, 4.69) is 54.0 Å². The lowest BCUT2D eigenvalue weighted by molar-refractivity contribution is 0.353. The Labute approximate surface area is 102 Å². The minimum absolute atomic E-state index is 0.0862. The summed E-state index contributed by atoms with van der Waals surface area (Å²) in [4.78, 5) is 11.8. The summed E-state index contributed by atoms with van der Waals surface area (Å²) in [7, 11) is 0. The Bertz CT molecular complexity index is 495. The van der Waals surface area contributed by atoms with Crippen LogP contribution in [-0.4, -0.2) is 20.5 Å². The summed E-state index contributed by atoms with van der Waals surface area (Å²) in [6.07, 6.45) is 2.69. The summed E-state index contributed by atoms with van der Waals surface area (Å²) in [6.45, 7) is 8.67. The second kappa shape index (κ2) is 4.45. The molecular formula is C13H20N4. The predicted octanol–water partition coefficient (Wildman–Crippen LogP) is 2.80. The van der Waals surface area contributed by atoms with Crippen LogP contribution in [0.15, 0.2) is 18.5 Å². The molecule has 0 saturated heterocycles. The summed E-state index contributed by atoms with van der Waals surface area (Å²) < 4.78 is 0. The Morgan fingerprint density at radius 1 is 1.35 bits per heavy atom. The number of hydrogen-bond donors (Lipinski definition) is 2. The van der Waals surface area contributed by atoms with Crippen molar-refractivity contribution in [2.24, 2.45) is 0 Å². The fraction of sp³-hybridized carbons (Fsp3) is 0.538. The highest BCUT2D eigenvalue weighted by molar-refractivity contribution is 5.69. The van der Waals surface area contributed by atoms with Crippen molar-refractivity contribution in [2.75, 3.05) is 0 Å². The second-order valence-electron chi connectivity index (χ2n) is 5.36. The largest absolute Gasteiger partial charge is 0.343 e. The first-order valence-electron chi connectivity index (χ1n) is 6.07. The topological polar surface area (TPSA) is 53.6 Å². The van der Waals surface area contributed by atoms with Gasteiger partial charge in [0.05, 0.1) is 17.5 Å². The molecule has 0 aliphatic rings. The average molecular weight is 232 g/mol. The van der Waals surface area contributed by atoms with Gasteiger partial charge in [-0.2, -0.15) is 0 Å². The molecule has 2 aromatic rings. The van der Waals surface area contributed by atoms with Crippen molar-refractivity contribution in [2.45, 2.75) is 45.7 Å². The number of hydrogen-bond acceptors (Lipinski definition) is 3. The third kappa shape index (κ3) is 2.82. The van der Waals surface area contributed by atoms with Gasteiger partial charge in [-0.25, -0.2) is 9.97 Å². The number of pyridine rings is 1. The third-order valence-corrected chi connectivity index (χ3v) is 2.68. The van der Waals surface area contributed by atoms with Gasteiger partial charge in [0.2, 0.25) is 0 Å². The summed E-state index contributed by atoms with van der Waals surface area (Å²) in [5.74, 6) is 0. The van der Waals surface area contributed by atoms with E-state index in [9.17, 15) is 0 Å². The highest BCUT2D eigenvalue weighted by Gasteiger charge is 2.18. The molecule has 92 valence electrons. The predicted molar refractivity (Wildman–Crippen MR) is 69.8 cm³/mol. The molecule has 2 N–H and O–H groups in total. The number of rotatable bonds is 3. The summed E-state index contributed by atoms with van der Waals surface area (Å²) in [5.41, 5.74) is 2.92. The maximum absolute atomic E-state index is 4.59. The first-order valence-corrected chi connectivity index (χ1v) is 6.07. The molecule has 0 bridgehead atoms. The minimum atomic E-state index is 0.0862. The number of H-pyrrole nitrogens is 1. The summed E-state index contributed by atoms with van der Waals surface area (Å²) in [5, 5.41) is 3.58. The Balaban J connectivity index is 2.29. The Hall–Kier alpha value is -1.42. The molecule has 4 nitrogen and oxygen atoms in total. The standard InChI is InChI=1S/C13H20N4/c1-5-9(17-13(2,3)4)10-6-7-11-12(16-10)15-8-14-11/h6-9,17H,5H2,1-4H3,(H,14,15,16). The Morgan fingerprint density at radius 3 is 2.76 bits per heavy atom. The molecule has 1 atom stereocenters. The fourth-order valence-electron chi connectivity index (χ4n) is 1.94. The van der Waals surface area contributed by atoms with Gasteiger partial charge in [-0.1, -0.05) is 6.92 Å². The van der Waals surface area contributed by atoms with Crippen LogP contribution in [0, 0.1) is 0 Å². The molecular weight excluding hydrogens is 212 g/mol. The number of fused-ring (bicyclic) bond motifs is 1. The Morgan fingerprint density at radius 2 is 2.12 bits per heavy atom. The second-order valence-corrected chi connectivity index (χ2v) is 5.36. The highest BCUT2D eigenvalue weighted by atomic mass is 15.0. The molecule has 0 amide bonds.